The van der Waals surface area contributed by atoms with E-state index in [0.717, 1.165) is 12.2 Å². The average Bonchev–Trinajstić information content (AvgIpc) is 2.81. The van der Waals surface area contributed by atoms with Crippen molar-refractivity contribution < 1.29 is 0 Å². The number of hydrogen-bond donors (Lipinski definition) is 1. The SMILES string of the molecule is CCn1cnc2c(Nc3cccc(Cl)c3)nc(Cl)nc21. The van der Waals surface area contributed by atoms with Crippen LogP contribution in [-0.2, 0) is 6.54 Å². The smallest absolute Gasteiger partial charge is 0.226 e. The molecule has 5 nitrogen and oxygen atoms in total. The highest BCUT2D eigenvalue weighted by Gasteiger charge is 2.12. The predicted molar refractivity (Wildman–Crippen MR) is 80.7 cm³/mol. The number of nitrogens with one attached hydrogen (secondary N) is 1. The molecule has 0 saturated carbocycles. The normalized spacial score (nSPS) is 10.9. The molecule has 0 aliphatic heterocycles. The van der Waals surface area contributed by atoms with E-state index in [9.17, 15) is 0 Å². The van der Waals surface area contributed by atoms with Gasteiger partial charge in [-0.15, -0.1) is 0 Å². The molecule has 1 aromatic carbocycles. The minimum absolute atomic E-state index is 0.178. The molecule has 0 fully saturated rings. The van der Waals surface area contributed by atoms with E-state index < -0.39 is 0 Å². The van der Waals surface area contributed by atoms with Crippen LogP contribution >= 0.6 is 23.2 Å². The lowest BCUT2D eigenvalue weighted by atomic mass is 10.3. The van der Waals surface area contributed by atoms with Crippen LogP contribution in [0.25, 0.3) is 11.2 Å². The molecule has 0 amide bonds. The summed E-state index contributed by atoms with van der Waals surface area (Å²) in [6, 6.07) is 7.36. The lowest BCUT2D eigenvalue weighted by Crippen LogP contribution is -1.99. The predicted octanol–water partition coefficient (Wildman–Crippen LogP) is 3.90. The van der Waals surface area contributed by atoms with Gasteiger partial charge < -0.3 is 9.88 Å². The number of imidazole rings is 1. The third kappa shape index (κ3) is 2.42. The van der Waals surface area contributed by atoms with Crippen molar-refractivity contribution in [1.82, 2.24) is 19.5 Å². The van der Waals surface area contributed by atoms with Gasteiger partial charge in [0.2, 0.25) is 5.28 Å². The first-order valence-corrected chi connectivity index (χ1v) is 6.84. The molecule has 3 aromatic rings. The lowest BCUT2D eigenvalue weighted by Gasteiger charge is -2.07. The monoisotopic (exact) mass is 307 g/mol. The summed E-state index contributed by atoms with van der Waals surface area (Å²) in [7, 11) is 0. The van der Waals surface area contributed by atoms with E-state index in [1.54, 1.807) is 18.5 Å². The molecular formula is C13H11Cl2N5. The molecule has 0 aliphatic rings. The van der Waals surface area contributed by atoms with Crippen molar-refractivity contribution >= 4 is 45.9 Å². The summed E-state index contributed by atoms with van der Waals surface area (Å²) in [6.45, 7) is 2.78. The zero-order chi connectivity index (χ0) is 14.1. The Morgan fingerprint density at radius 1 is 1.25 bits per heavy atom. The fourth-order valence-corrected chi connectivity index (χ4v) is 2.29. The molecule has 0 bridgehead atoms. The first-order valence-electron chi connectivity index (χ1n) is 6.08. The number of aryl methyl sites for hydroxylation is 1. The summed E-state index contributed by atoms with van der Waals surface area (Å²) in [6.07, 6.45) is 1.72. The van der Waals surface area contributed by atoms with Crippen molar-refractivity contribution in [2.24, 2.45) is 0 Å². The summed E-state index contributed by atoms with van der Waals surface area (Å²) < 4.78 is 1.91. The number of fused-ring (bicyclic) bond motifs is 1. The van der Waals surface area contributed by atoms with Gasteiger partial charge >= 0.3 is 0 Å². The Hall–Kier alpha value is -1.85. The second-order valence-electron chi connectivity index (χ2n) is 4.18. The summed E-state index contributed by atoms with van der Waals surface area (Å²) >= 11 is 11.9. The summed E-state index contributed by atoms with van der Waals surface area (Å²) in [5.41, 5.74) is 2.20. The van der Waals surface area contributed by atoms with Gasteiger partial charge in [0.05, 0.1) is 6.33 Å². The van der Waals surface area contributed by atoms with Crippen molar-refractivity contribution in [3.8, 4) is 0 Å². The Morgan fingerprint density at radius 2 is 2.10 bits per heavy atom. The van der Waals surface area contributed by atoms with E-state index in [-0.39, 0.29) is 5.28 Å². The van der Waals surface area contributed by atoms with Crippen LogP contribution in [0.4, 0.5) is 11.5 Å². The highest BCUT2D eigenvalue weighted by Crippen LogP contribution is 2.25. The molecule has 7 heteroatoms. The van der Waals surface area contributed by atoms with Crippen LogP contribution < -0.4 is 5.32 Å². The lowest BCUT2D eigenvalue weighted by molar-refractivity contribution is 0.777. The quantitative estimate of drug-likeness (QED) is 0.746. The molecule has 2 aromatic heterocycles. The van der Waals surface area contributed by atoms with Crippen molar-refractivity contribution in [2.45, 2.75) is 13.5 Å². The van der Waals surface area contributed by atoms with Gasteiger partial charge in [-0.25, -0.2) is 4.98 Å². The summed E-state index contributed by atoms with van der Waals surface area (Å²) in [5.74, 6) is 0.564. The maximum atomic E-state index is 5.98. The van der Waals surface area contributed by atoms with Crippen LogP contribution in [-0.4, -0.2) is 19.5 Å². The molecule has 0 saturated heterocycles. The van der Waals surface area contributed by atoms with E-state index >= 15 is 0 Å². The molecule has 0 radical (unpaired) electrons. The van der Waals surface area contributed by atoms with E-state index in [4.69, 9.17) is 23.2 Å². The number of hydrogen-bond acceptors (Lipinski definition) is 4. The second kappa shape index (κ2) is 5.26. The van der Waals surface area contributed by atoms with Crippen LogP contribution in [0.5, 0.6) is 0 Å². The van der Waals surface area contributed by atoms with Crippen LogP contribution in [0.3, 0.4) is 0 Å². The maximum absolute atomic E-state index is 5.98. The number of halogens is 2. The van der Waals surface area contributed by atoms with Gasteiger partial charge in [-0.1, -0.05) is 17.7 Å². The highest BCUT2D eigenvalue weighted by molar-refractivity contribution is 6.30. The Balaban J connectivity index is 2.09. The highest BCUT2D eigenvalue weighted by atomic mass is 35.5. The molecule has 2 heterocycles. The standard InChI is InChI=1S/C13H11Cl2N5/c1-2-20-7-16-10-11(18-13(15)19-12(10)20)17-9-5-3-4-8(14)6-9/h3-7H,2H2,1H3,(H,17,18,19). The summed E-state index contributed by atoms with van der Waals surface area (Å²) in [5, 5.41) is 3.99. The first kappa shape index (κ1) is 13.1. The molecule has 0 spiro atoms. The minimum Gasteiger partial charge on any atom is -0.338 e. The molecule has 3 rings (SSSR count). The topological polar surface area (TPSA) is 55.6 Å². The van der Waals surface area contributed by atoms with Crippen molar-refractivity contribution in [3.63, 3.8) is 0 Å². The van der Waals surface area contributed by atoms with Gasteiger partial charge in [-0.2, -0.15) is 9.97 Å². The van der Waals surface area contributed by atoms with E-state index in [1.165, 1.54) is 0 Å². The Labute approximate surface area is 125 Å². The van der Waals surface area contributed by atoms with Gasteiger partial charge in [-0.05, 0) is 36.7 Å². The molecule has 102 valence electrons. The van der Waals surface area contributed by atoms with Crippen LogP contribution in [0, 0.1) is 0 Å². The Kier molecular flexibility index (Phi) is 3.46. The molecule has 0 unspecified atom stereocenters. The number of rotatable bonds is 3. The van der Waals surface area contributed by atoms with Gasteiger partial charge in [0.25, 0.3) is 0 Å². The third-order valence-electron chi connectivity index (χ3n) is 2.86. The number of anilines is 2. The second-order valence-corrected chi connectivity index (χ2v) is 4.95. The van der Waals surface area contributed by atoms with Crippen molar-refractivity contribution in [1.29, 1.82) is 0 Å². The third-order valence-corrected chi connectivity index (χ3v) is 3.27. The van der Waals surface area contributed by atoms with Crippen molar-refractivity contribution in [2.75, 3.05) is 5.32 Å². The average molecular weight is 308 g/mol. The first-order chi connectivity index (χ1) is 9.67. The van der Waals surface area contributed by atoms with Crippen LogP contribution in [0.2, 0.25) is 10.3 Å². The van der Waals surface area contributed by atoms with Gasteiger partial charge in [0.15, 0.2) is 17.0 Å². The van der Waals surface area contributed by atoms with Crippen LogP contribution in [0.15, 0.2) is 30.6 Å². The summed E-state index contributed by atoms with van der Waals surface area (Å²) in [4.78, 5) is 12.7. The molecule has 0 aliphatic carbocycles. The van der Waals surface area contributed by atoms with Gasteiger partial charge in [-0.3, -0.25) is 0 Å². The van der Waals surface area contributed by atoms with E-state index in [2.05, 4.69) is 20.3 Å². The largest absolute Gasteiger partial charge is 0.338 e. The molecule has 1 N–H and O–H groups in total. The van der Waals surface area contributed by atoms with E-state index in [1.807, 2.05) is 23.6 Å². The zero-order valence-electron chi connectivity index (χ0n) is 10.6. The minimum atomic E-state index is 0.178. The Morgan fingerprint density at radius 3 is 2.85 bits per heavy atom. The Bertz CT molecular complexity index is 769. The zero-order valence-corrected chi connectivity index (χ0v) is 12.2. The van der Waals surface area contributed by atoms with E-state index in [0.29, 0.717) is 22.0 Å². The number of nitrogens with zero attached hydrogens (tertiary/aromatic N) is 4. The van der Waals surface area contributed by atoms with Gasteiger partial charge in [0.1, 0.15) is 0 Å². The number of aromatic nitrogens is 4. The maximum Gasteiger partial charge on any atom is 0.226 e. The molecular weight excluding hydrogens is 297 g/mol. The van der Waals surface area contributed by atoms with Crippen LogP contribution in [0.1, 0.15) is 6.92 Å². The fraction of sp³-hybridized carbons (Fsp3) is 0.154. The van der Waals surface area contributed by atoms with Gasteiger partial charge in [0, 0.05) is 17.3 Å². The fourth-order valence-electron chi connectivity index (χ4n) is 1.94. The molecule has 0 atom stereocenters. The molecule has 20 heavy (non-hydrogen) atoms. The van der Waals surface area contributed by atoms with Crippen molar-refractivity contribution in [3.05, 3.63) is 40.9 Å². The number of benzene rings is 1.